The van der Waals surface area contributed by atoms with Crippen LogP contribution in [0.25, 0.3) is 0 Å². The largest absolute Gasteiger partial charge is 0.340 e. The van der Waals surface area contributed by atoms with Crippen molar-refractivity contribution >= 4 is 17.7 Å². The summed E-state index contributed by atoms with van der Waals surface area (Å²) in [5.41, 5.74) is 5.97. The molecule has 2 N–H and O–H groups in total. The molecule has 1 rings (SSSR count). The van der Waals surface area contributed by atoms with E-state index in [0.717, 1.165) is 38.8 Å². The van der Waals surface area contributed by atoms with Crippen molar-refractivity contribution in [3.8, 4) is 0 Å². The normalized spacial score (nSPS) is 23.2. The first-order chi connectivity index (χ1) is 8.19. The summed E-state index contributed by atoms with van der Waals surface area (Å²) in [6.07, 6.45) is 8.71. The maximum Gasteiger partial charge on any atom is 0.239 e. The predicted octanol–water partition coefficient (Wildman–Crippen LogP) is 2.25. The van der Waals surface area contributed by atoms with Crippen molar-refractivity contribution in [2.24, 2.45) is 5.73 Å². The summed E-state index contributed by atoms with van der Waals surface area (Å²) in [6, 6.07) is -0.282. The fourth-order valence-corrected chi connectivity index (χ4v) is 3.01. The molecule has 0 aromatic heterocycles. The van der Waals surface area contributed by atoms with Crippen molar-refractivity contribution < 1.29 is 4.79 Å². The maximum absolute atomic E-state index is 12.2. The van der Waals surface area contributed by atoms with Crippen molar-refractivity contribution in [2.75, 3.05) is 19.3 Å². The Morgan fingerprint density at radius 1 is 1.53 bits per heavy atom. The van der Waals surface area contributed by atoms with Crippen LogP contribution < -0.4 is 5.73 Å². The molecule has 1 aliphatic rings. The van der Waals surface area contributed by atoms with E-state index in [-0.39, 0.29) is 11.9 Å². The molecule has 4 heteroatoms. The van der Waals surface area contributed by atoms with E-state index in [4.69, 9.17) is 5.73 Å². The molecule has 100 valence electrons. The summed E-state index contributed by atoms with van der Waals surface area (Å²) >= 11 is 1.88. The molecule has 17 heavy (non-hydrogen) atoms. The Labute approximate surface area is 109 Å². The van der Waals surface area contributed by atoms with Gasteiger partial charge in [-0.1, -0.05) is 26.2 Å². The number of amides is 1. The molecular formula is C13H26N2OS. The van der Waals surface area contributed by atoms with Gasteiger partial charge in [-0.05, 0) is 25.5 Å². The van der Waals surface area contributed by atoms with Gasteiger partial charge in [0.15, 0.2) is 0 Å². The lowest BCUT2D eigenvalue weighted by atomic mass is 10.1. The second-order valence-corrected chi connectivity index (χ2v) is 6.02. The topological polar surface area (TPSA) is 46.3 Å². The van der Waals surface area contributed by atoms with Crippen molar-refractivity contribution in [1.29, 1.82) is 0 Å². The van der Waals surface area contributed by atoms with E-state index in [1.54, 1.807) is 0 Å². The number of hydrogen-bond donors (Lipinski definition) is 1. The van der Waals surface area contributed by atoms with Gasteiger partial charge in [-0.2, -0.15) is 11.8 Å². The summed E-state index contributed by atoms with van der Waals surface area (Å²) in [5, 5.41) is 0.597. The minimum atomic E-state index is -0.282. The van der Waals surface area contributed by atoms with Crippen LogP contribution in [0.5, 0.6) is 0 Å². The van der Waals surface area contributed by atoms with E-state index in [2.05, 4.69) is 13.2 Å². The smallest absolute Gasteiger partial charge is 0.239 e. The molecular weight excluding hydrogens is 232 g/mol. The summed E-state index contributed by atoms with van der Waals surface area (Å²) in [5.74, 6) is 0.166. The SMILES string of the molecule is CCCCC(N)C(=O)N1CCCCC(SC)C1. The van der Waals surface area contributed by atoms with Crippen molar-refractivity contribution in [3.05, 3.63) is 0 Å². The molecule has 0 radical (unpaired) electrons. The Kier molecular flexibility index (Phi) is 6.97. The van der Waals surface area contributed by atoms with Crippen LogP contribution in [0.2, 0.25) is 0 Å². The summed E-state index contributed by atoms with van der Waals surface area (Å²) in [4.78, 5) is 14.2. The van der Waals surface area contributed by atoms with Gasteiger partial charge in [0.25, 0.3) is 0 Å². The Morgan fingerprint density at radius 3 is 2.94 bits per heavy atom. The van der Waals surface area contributed by atoms with Gasteiger partial charge in [0.2, 0.25) is 5.91 Å². The minimum absolute atomic E-state index is 0.166. The molecule has 0 spiro atoms. The molecule has 2 unspecified atom stereocenters. The van der Waals surface area contributed by atoms with Gasteiger partial charge in [-0.25, -0.2) is 0 Å². The average molecular weight is 258 g/mol. The van der Waals surface area contributed by atoms with E-state index < -0.39 is 0 Å². The molecule has 3 nitrogen and oxygen atoms in total. The molecule has 0 aromatic rings. The summed E-state index contributed by atoms with van der Waals surface area (Å²) in [7, 11) is 0. The highest BCUT2D eigenvalue weighted by Gasteiger charge is 2.24. The third-order valence-electron chi connectivity index (χ3n) is 3.46. The molecule has 0 saturated carbocycles. The van der Waals surface area contributed by atoms with Crippen LogP contribution in [0.4, 0.5) is 0 Å². The third-order valence-corrected chi connectivity index (χ3v) is 4.51. The number of nitrogens with zero attached hydrogens (tertiary/aromatic N) is 1. The predicted molar refractivity (Wildman–Crippen MR) is 75.2 cm³/mol. The van der Waals surface area contributed by atoms with Gasteiger partial charge in [0.1, 0.15) is 0 Å². The van der Waals surface area contributed by atoms with Crippen LogP contribution in [0.1, 0.15) is 45.4 Å². The molecule has 0 aromatic carbocycles. The average Bonchev–Trinajstić information content (AvgIpc) is 2.60. The molecule has 1 aliphatic heterocycles. The molecule has 2 atom stereocenters. The Balaban J connectivity index is 2.48. The Bertz CT molecular complexity index is 235. The number of carbonyl (C=O) groups excluding carboxylic acids is 1. The van der Waals surface area contributed by atoms with E-state index in [1.807, 2.05) is 16.7 Å². The number of carbonyl (C=O) groups is 1. The van der Waals surface area contributed by atoms with E-state index in [9.17, 15) is 4.79 Å². The first-order valence-corrected chi connectivity index (χ1v) is 8.05. The quantitative estimate of drug-likeness (QED) is 0.822. The van der Waals surface area contributed by atoms with Gasteiger partial charge in [0, 0.05) is 18.3 Å². The van der Waals surface area contributed by atoms with E-state index in [0.29, 0.717) is 5.25 Å². The fourth-order valence-electron chi connectivity index (χ4n) is 2.28. The molecule has 1 saturated heterocycles. The molecule has 1 heterocycles. The van der Waals surface area contributed by atoms with Crippen LogP contribution in [-0.2, 0) is 4.79 Å². The number of likely N-dealkylation sites (tertiary alicyclic amines) is 1. The highest BCUT2D eigenvalue weighted by Crippen LogP contribution is 2.20. The highest BCUT2D eigenvalue weighted by atomic mass is 32.2. The second-order valence-electron chi connectivity index (χ2n) is 4.89. The minimum Gasteiger partial charge on any atom is -0.340 e. The van der Waals surface area contributed by atoms with Gasteiger partial charge in [-0.15, -0.1) is 0 Å². The molecule has 0 aliphatic carbocycles. The summed E-state index contributed by atoms with van der Waals surface area (Å²) in [6.45, 7) is 3.92. The van der Waals surface area contributed by atoms with Gasteiger partial charge < -0.3 is 10.6 Å². The fraction of sp³-hybridized carbons (Fsp3) is 0.923. The van der Waals surface area contributed by atoms with Crippen molar-refractivity contribution in [3.63, 3.8) is 0 Å². The van der Waals surface area contributed by atoms with Crippen LogP contribution in [0, 0.1) is 0 Å². The lowest BCUT2D eigenvalue weighted by Gasteiger charge is -2.26. The van der Waals surface area contributed by atoms with Crippen LogP contribution >= 0.6 is 11.8 Å². The van der Waals surface area contributed by atoms with Crippen LogP contribution in [0.3, 0.4) is 0 Å². The zero-order valence-corrected chi connectivity index (χ0v) is 12.0. The number of hydrogen-bond acceptors (Lipinski definition) is 3. The van der Waals surface area contributed by atoms with Crippen molar-refractivity contribution in [2.45, 2.75) is 56.7 Å². The van der Waals surface area contributed by atoms with Gasteiger partial charge in [0.05, 0.1) is 6.04 Å². The van der Waals surface area contributed by atoms with Crippen LogP contribution in [0.15, 0.2) is 0 Å². The second kappa shape index (κ2) is 7.98. The number of unbranched alkanes of at least 4 members (excludes halogenated alkanes) is 1. The van der Waals surface area contributed by atoms with E-state index >= 15 is 0 Å². The maximum atomic E-state index is 12.2. The molecule has 0 bridgehead atoms. The Morgan fingerprint density at radius 2 is 2.29 bits per heavy atom. The standard InChI is InChI=1S/C13H26N2OS/c1-3-4-8-12(14)13(16)15-9-6-5-7-11(10-15)17-2/h11-12H,3-10,14H2,1-2H3. The van der Waals surface area contributed by atoms with Gasteiger partial charge in [-0.3, -0.25) is 4.79 Å². The number of nitrogens with two attached hydrogens (primary N) is 1. The zero-order valence-electron chi connectivity index (χ0n) is 11.2. The molecule has 1 amide bonds. The zero-order chi connectivity index (χ0) is 12.7. The summed E-state index contributed by atoms with van der Waals surface area (Å²) < 4.78 is 0. The van der Waals surface area contributed by atoms with Crippen LogP contribution in [-0.4, -0.2) is 41.4 Å². The Hall–Kier alpha value is -0.220. The van der Waals surface area contributed by atoms with Gasteiger partial charge >= 0.3 is 0 Å². The third kappa shape index (κ3) is 4.88. The monoisotopic (exact) mass is 258 g/mol. The lowest BCUT2D eigenvalue weighted by molar-refractivity contribution is -0.132. The first kappa shape index (κ1) is 14.8. The number of rotatable bonds is 5. The molecule has 1 fully saturated rings. The van der Waals surface area contributed by atoms with E-state index in [1.165, 1.54) is 12.8 Å². The number of thioether (sulfide) groups is 1. The first-order valence-electron chi connectivity index (χ1n) is 6.76. The highest BCUT2D eigenvalue weighted by molar-refractivity contribution is 7.99. The lowest BCUT2D eigenvalue weighted by Crippen LogP contribution is -2.45. The van der Waals surface area contributed by atoms with Crippen molar-refractivity contribution in [1.82, 2.24) is 4.90 Å².